The minimum Gasteiger partial charge on any atom is -0.334 e. The third-order valence-electron chi connectivity index (χ3n) is 5.18. The van der Waals surface area contributed by atoms with Crippen molar-refractivity contribution in [2.45, 2.75) is 65.3 Å². The number of hydrogen-bond acceptors (Lipinski definition) is 2. The van der Waals surface area contributed by atoms with Gasteiger partial charge in [0.25, 0.3) is 0 Å². The van der Waals surface area contributed by atoms with E-state index in [4.69, 9.17) is 0 Å². The zero-order valence-corrected chi connectivity index (χ0v) is 16.0. The zero-order valence-electron chi connectivity index (χ0n) is 16.0. The number of benzene rings is 1. The van der Waals surface area contributed by atoms with Gasteiger partial charge in [-0.15, -0.1) is 0 Å². The summed E-state index contributed by atoms with van der Waals surface area (Å²) in [6.45, 7) is 7.77. The van der Waals surface area contributed by atoms with E-state index in [0.717, 1.165) is 25.8 Å². The molecule has 2 rings (SSSR count). The van der Waals surface area contributed by atoms with Gasteiger partial charge in [0, 0.05) is 19.5 Å². The molecule has 4 nitrogen and oxygen atoms in total. The van der Waals surface area contributed by atoms with Crippen molar-refractivity contribution in [3.05, 3.63) is 35.4 Å². The van der Waals surface area contributed by atoms with Gasteiger partial charge in [-0.2, -0.15) is 0 Å². The molecular formula is C21H32N2O2. The second kappa shape index (κ2) is 9.59. The summed E-state index contributed by atoms with van der Waals surface area (Å²) in [6, 6.07) is 8.43. The SMILES string of the molecule is CCCCCCN(CC(=O)N1CCc2ccccc2C1C)C(=O)CC. The highest BCUT2D eigenvalue weighted by atomic mass is 16.2. The molecule has 0 fully saturated rings. The Morgan fingerprint density at radius 1 is 1.16 bits per heavy atom. The summed E-state index contributed by atoms with van der Waals surface area (Å²) in [4.78, 5) is 28.8. The summed E-state index contributed by atoms with van der Waals surface area (Å²) in [5.41, 5.74) is 2.57. The van der Waals surface area contributed by atoms with Crippen LogP contribution in [-0.4, -0.2) is 41.2 Å². The van der Waals surface area contributed by atoms with Gasteiger partial charge >= 0.3 is 0 Å². The summed E-state index contributed by atoms with van der Waals surface area (Å²) in [5.74, 6) is 0.147. The van der Waals surface area contributed by atoms with Crippen LogP contribution < -0.4 is 0 Å². The molecule has 1 aliphatic heterocycles. The van der Waals surface area contributed by atoms with Gasteiger partial charge < -0.3 is 9.80 Å². The maximum absolute atomic E-state index is 12.9. The topological polar surface area (TPSA) is 40.6 Å². The maximum atomic E-state index is 12.9. The fourth-order valence-electron chi connectivity index (χ4n) is 3.61. The molecule has 1 heterocycles. The number of carbonyl (C=O) groups excluding carboxylic acids is 2. The van der Waals surface area contributed by atoms with Gasteiger partial charge in [0.15, 0.2) is 0 Å². The number of carbonyl (C=O) groups is 2. The fourth-order valence-corrected chi connectivity index (χ4v) is 3.61. The first-order chi connectivity index (χ1) is 12.1. The van der Waals surface area contributed by atoms with Crippen molar-refractivity contribution in [2.75, 3.05) is 19.6 Å². The highest BCUT2D eigenvalue weighted by molar-refractivity contribution is 5.85. The van der Waals surface area contributed by atoms with Crippen molar-refractivity contribution in [2.24, 2.45) is 0 Å². The number of rotatable bonds is 8. The minimum atomic E-state index is 0.0688. The van der Waals surface area contributed by atoms with E-state index in [1.54, 1.807) is 4.90 Å². The van der Waals surface area contributed by atoms with Crippen LogP contribution in [0.3, 0.4) is 0 Å². The van der Waals surface area contributed by atoms with E-state index in [-0.39, 0.29) is 24.4 Å². The van der Waals surface area contributed by atoms with Gasteiger partial charge in [0.05, 0.1) is 12.6 Å². The van der Waals surface area contributed by atoms with Gasteiger partial charge in [-0.05, 0) is 30.9 Å². The molecule has 0 aromatic heterocycles. The summed E-state index contributed by atoms with van der Waals surface area (Å²) < 4.78 is 0. The van der Waals surface area contributed by atoms with Crippen LogP contribution in [0.25, 0.3) is 0 Å². The first kappa shape index (κ1) is 19.5. The van der Waals surface area contributed by atoms with Crippen LogP contribution >= 0.6 is 0 Å². The van der Waals surface area contributed by atoms with Crippen molar-refractivity contribution in [1.82, 2.24) is 9.80 Å². The molecule has 0 radical (unpaired) electrons. The van der Waals surface area contributed by atoms with Crippen molar-refractivity contribution in [1.29, 1.82) is 0 Å². The molecule has 1 atom stereocenters. The number of unbranched alkanes of at least 4 members (excludes halogenated alkanes) is 3. The van der Waals surface area contributed by atoms with Crippen molar-refractivity contribution in [3.63, 3.8) is 0 Å². The molecule has 0 N–H and O–H groups in total. The van der Waals surface area contributed by atoms with E-state index in [1.165, 1.54) is 24.0 Å². The van der Waals surface area contributed by atoms with Gasteiger partial charge in [-0.25, -0.2) is 0 Å². The third-order valence-corrected chi connectivity index (χ3v) is 5.18. The lowest BCUT2D eigenvalue weighted by molar-refractivity contribution is -0.142. The quantitative estimate of drug-likeness (QED) is 0.670. The number of hydrogen-bond donors (Lipinski definition) is 0. The Balaban J connectivity index is 1.99. The Morgan fingerprint density at radius 3 is 2.64 bits per heavy atom. The van der Waals surface area contributed by atoms with Crippen LogP contribution in [0.2, 0.25) is 0 Å². The molecule has 1 unspecified atom stereocenters. The van der Waals surface area contributed by atoms with Crippen LogP contribution in [0.4, 0.5) is 0 Å². The van der Waals surface area contributed by atoms with Gasteiger partial charge in [0.1, 0.15) is 0 Å². The lowest BCUT2D eigenvalue weighted by Crippen LogP contribution is -2.46. The molecule has 1 aromatic carbocycles. The third kappa shape index (κ3) is 5.07. The molecule has 1 aromatic rings. The minimum absolute atomic E-state index is 0.0688. The molecule has 4 heteroatoms. The highest BCUT2D eigenvalue weighted by Gasteiger charge is 2.28. The highest BCUT2D eigenvalue weighted by Crippen LogP contribution is 2.29. The lowest BCUT2D eigenvalue weighted by atomic mass is 9.93. The van der Waals surface area contributed by atoms with Gasteiger partial charge in [0.2, 0.25) is 11.8 Å². The predicted octanol–water partition coefficient (Wildman–Crippen LogP) is 3.95. The Kier molecular flexibility index (Phi) is 7.48. The predicted molar refractivity (Wildman–Crippen MR) is 101 cm³/mol. The summed E-state index contributed by atoms with van der Waals surface area (Å²) in [7, 11) is 0. The van der Waals surface area contributed by atoms with Gasteiger partial charge in [-0.1, -0.05) is 57.4 Å². The molecule has 0 spiro atoms. The Labute approximate surface area is 152 Å². The molecular weight excluding hydrogens is 312 g/mol. The molecule has 0 saturated carbocycles. The number of amides is 2. The Hall–Kier alpha value is -1.84. The Morgan fingerprint density at radius 2 is 1.92 bits per heavy atom. The molecule has 25 heavy (non-hydrogen) atoms. The summed E-state index contributed by atoms with van der Waals surface area (Å²) >= 11 is 0. The van der Waals surface area contributed by atoms with Crippen LogP contribution in [0.15, 0.2) is 24.3 Å². The number of fused-ring (bicyclic) bond motifs is 1. The van der Waals surface area contributed by atoms with Crippen LogP contribution in [0, 0.1) is 0 Å². The molecule has 138 valence electrons. The first-order valence-corrected chi connectivity index (χ1v) is 9.73. The molecule has 1 aliphatic rings. The standard InChI is InChI=1S/C21H32N2O2/c1-4-6-7-10-14-22(20(24)5-2)16-21(25)23-15-13-18-11-8-9-12-19(18)17(23)3/h8-9,11-12,17H,4-7,10,13-16H2,1-3H3. The monoisotopic (exact) mass is 344 g/mol. The smallest absolute Gasteiger partial charge is 0.242 e. The first-order valence-electron chi connectivity index (χ1n) is 9.73. The second-order valence-electron chi connectivity index (χ2n) is 6.94. The van der Waals surface area contributed by atoms with Crippen molar-refractivity contribution in [3.8, 4) is 0 Å². The van der Waals surface area contributed by atoms with Crippen LogP contribution in [-0.2, 0) is 16.0 Å². The summed E-state index contributed by atoms with van der Waals surface area (Å²) in [6.07, 6.45) is 5.80. The van der Waals surface area contributed by atoms with Gasteiger partial charge in [-0.3, -0.25) is 9.59 Å². The van der Waals surface area contributed by atoms with E-state index in [2.05, 4.69) is 32.0 Å². The molecule has 0 aliphatic carbocycles. The van der Waals surface area contributed by atoms with Crippen LogP contribution in [0.5, 0.6) is 0 Å². The van der Waals surface area contributed by atoms with E-state index in [9.17, 15) is 9.59 Å². The Bertz CT molecular complexity index is 585. The van der Waals surface area contributed by atoms with Crippen molar-refractivity contribution >= 4 is 11.8 Å². The zero-order chi connectivity index (χ0) is 18.2. The molecule has 2 amide bonds. The van der Waals surface area contributed by atoms with E-state index in [1.807, 2.05) is 17.9 Å². The van der Waals surface area contributed by atoms with Crippen molar-refractivity contribution < 1.29 is 9.59 Å². The normalized spacial score (nSPS) is 16.4. The second-order valence-corrected chi connectivity index (χ2v) is 6.94. The lowest BCUT2D eigenvalue weighted by Gasteiger charge is -2.36. The largest absolute Gasteiger partial charge is 0.334 e. The number of nitrogens with zero attached hydrogens (tertiary/aromatic N) is 2. The van der Waals surface area contributed by atoms with E-state index >= 15 is 0 Å². The average Bonchev–Trinajstić information content (AvgIpc) is 2.64. The molecule has 0 bridgehead atoms. The van der Waals surface area contributed by atoms with E-state index < -0.39 is 0 Å². The average molecular weight is 344 g/mol. The summed E-state index contributed by atoms with van der Waals surface area (Å²) in [5, 5.41) is 0. The fraction of sp³-hybridized carbons (Fsp3) is 0.619. The molecule has 0 saturated heterocycles. The van der Waals surface area contributed by atoms with Crippen LogP contribution in [0.1, 0.15) is 70.0 Å². The van der Waals surface area contributed by atoms with E-state index in [0.29, 0.717) is 13.0 Å². The maximum Gasteiger partial charge on any atom is 0.242 e.